The zero-order valence-corrected chi connectivity index (χ0v) is 37.6. The Bertz CT molecular complexity index is 1670. The maximum absolute atomic E-state index is 12.6. The first-order chi connectivity index (χ1) is 30.6. The number of hydrogen-bond acceptors (Lipinski definition) is 17. The predicted octanol–water partition coefficient (Wildman–Crippen LogP) is 0.712. The van der Waals surface area contributed by atoms with Crippen molar-refractivity contribution in [2.75, 3.05) is 0 Å². The van der Waals surface area contributed by atoms with Gasteiger partial charge >= 0.3 is 11.9 Å². The van der Waals surface area contributed by atoms with Crippen molar-refractivity contribution in [3.8, 4) is 0 Å². The highest BCUT2D eigenvalue weighted by atomic mass is 16.7. The molecule has 0 amide bonds. The number of aliphatic hydroxyl groups is 10. The zero-order valence-electron chi connectivity index (χ0n) is 37.6. The Balaban J connectivity index is 1.86. The molecule has 0 aromatic carbocycles. The number of ether oxygens (including phenoxy) is 4. The lowest BCUT2D eigenvalue weighted by molar-refractivity contribution is -0.308. The molecule has 3 aliphatic heterocycles. The number of carbonyl (C=O) groups excluding carboxylic acids is 1. The van der Waals surface area contributed by atoms with Gasteiger partial charge in [0.1, 0.15) is 18.1 Å². The number of carboxylic acid groups (broad SMARTS) is 1. The smallest absolute Gasteiger partial charge is 0.311 e. The summed E-state index contributed by atoms with van der Waals surface area (Å²) in [5, 5.41) is 118. The fourth-order valence-corrected chi connectivity index (χ4v) is 7.97. The van der Waals surface area contributed by atoms with Gasteiger partial charge in [0.15, 0.2) is 12.1 Å². The average Bonchev–Trinajstić information content (AvgIpc) is 3.21. The molecule has 3 rings (SSSR count). The molecule has 65 heavy (non-hydrogen) atoms. The molecular formula is C47H73NO17. The Hall–Kier alpha value is -3.44. The first-order valence-electron chi connectivity index (χ1n) is 22.3. The average molecular weight is 924 g/mol. The van der Waals surface area contributed by atoms with Gasteiger partial charge in [0.25, 0.3) is 0 Å². The summed E-state index contributed by atoms with van der Waals surface area (Å²) in [5.74, 6) is -6.83. The minimum Gasteiger partial charge on any atom is -0.481 e. The summed E-state index contributed by atoms with van der Waals surface area (Å²) >= 11 is 0. The van der Waals surface area contributed by atoms with Gasteiger partial charge in [-0.3, -0.25) is 9.59 Å². The number of cyclic esters (lactones) is 1. The third-order valence-corrected chi connectivity index (χ3v) is 12.0. The molecule has 2 fully saturated rings. The van der Waals surface area contributed by atoms with Gasteiger partial charge < -0.3 is 80.9 Å². The second-order valence-electron chi connectivity index (χ2n) is 17.6. The molecule has 0 aliphatic carbocycles. The number of aliphatic hydroxyl groups excluding tert-OH is 9. The number of nitrogens with two attached hydrogens (primary N) is 1. The van der Waals surface area contributed by atoms with E-state index in [1.165, 1.54) is 13.0 Å². The lowest BCUT2D eigenvalue weighted by atomic mass is 9.82. The van der Waals surface area contributed by atoms with Crippen molar-refractivity contribution >= 4 is 11.9 Å². The quantitative estimate of drug-likeness (QED) is 0.174. The van der Waals surface area contributed by atoms with Gasteiger partial charge in [0.2, 0.25) is 0 Å². The molecule has 0 spiro atoms. The van der Waals surface area contributed by atoms with Crippen LogP contribution in [0.3, 0.4) is 0 Å². The monoisotopic (exact) mass is 923 g/mol. The Labute approximate surface area is 381 Å². The minimum absolute atomic E-state index is 0.107. The summed E-state index contributed by atoms with van der Waals surface area (Å²) in [5.41, 5.74) is 6.02. The van der Waals surface area contributed by atoms with E-state index in [1.807, 2.05) is 19.1 Å². The molecule has 18 nitrogen and oxygen atoms in total. The number of fused-ring (bicyclic) bond motifs is 2. The topological polar surface area (TPSA) is 320 Å². The molecule has 3 aliphatic rings. The van der Waals surface area contributed by atoms with Crippen LogP contribution in [0.5, 0.6) is 0 Å². The van der Waals surface area contributed by atoms with E-state index in [-0.39, 0.29) is 31.6 Å². The van der Waals surface area contributed by atoms with Crippen LogP contribution in [-0.4, -0.2) is 166 Å². The Morgan fingerprint density at radius 3 is 1.82 bits per heavy atom. The summed E-state index contributed by atoms with van der Waals surface area (Å²) in [7, 11) is 0. The van der Waals surface area contributed by atoms with E-state index in [4.69, 9.17) is 24.7 Å². The molecule has 2 saturated heterocycles. The van der Waals surface area contributed by atoms with E-state index in [9.17, 15) is 65.8 Å². The molecule has 2 bridgehead atoms. The van der Waals surface area contributed by atoms with E-state index in [0.717, 1.165) is 0 Å². The second kappa shape index (κ2) is 27.4. The van der Waals surface area contributed by atoms with Gasteiger partial charge in [-0.15, -0.1) is 0 Å². The molecule has 0 aromatic rings. The maximum Gasteiger partial charge on any atom is 0.311 e. The molecule has 368 valence electrons. The van der Waals surface area contributed by atoms with Crippen molar-refractivity contribution in [1.82, 2.24) is 0 Å². The van der Waals surface area contributed by atoms with Crippen LogP contribution >= 0.6 is 0 Å². The number of allylic oxidation sites excluding steroid dienone is 12. The van der Waals surface area contributed by atoms with Crippen LogP contribution in [-0.2, 0) is 28.5 Å². The number of aliphatic carboxylic acids is 1. The van der Waals surface area contributed by atoms with Crippen molar-refractivity contribution in [3.05, 3.63) is 85.1 Å². The zero-order chi connectivity index (χ0) is 48.4. The Morgan fingerprint density at radius 1 is 0.662 bits per heavy atom. The lowest BCUT2D eigenvalue weighted by Gasteiger charge is -2.45. The van der Waals surface area contributed by atoms with E-state index < -0.39 is 147 Å². The highest BCUT2D eigenvalue weighted by Gasteiger charge is 2.51. The largest absolute Gasteiger partial charge is 0.481 e. The fraction of sp³-hybridized carbons (Fsp3) is 0.660. The Kier molecular flexibility index (Phi) is 23.6. The van der Waals surface area contributed by atoms with E-state index in [0.29, 0.717) is 0 Å². The van der Waals surface area contributed by atoms with Crippen LogP contribution in [0.25, 0.3) is 0 Å². The maximum atomic E-state index is 12.6. The van der Waals surface area contributed by atoms with Crippen molar-refractivity contribution < 1.29 is 84.7 Å². The lowest BCUT2D eigenvalue weighted by Crippen LogP contribution is -2.61. The van der Waals surface area contributed by atoms with Crippen LogP contribution in [0.4, 0.5) is 0 Å². The van der Waals surface area contributed by atoms with Crippen LogP contribution in [0, 0.1) is 17.8 Å². The van der Waals surface area contributed by atoms with E-state index in [2.05, 4.69) is 0 Å². The van der Waals surface area contributed by atoms with Gasteiger partial charge in [0.05, 0.1) is 79.6 Å². The SMILES string of the molecule is C[C@@H]1OC(=O)C[C@H](O)C[C@H](O)CC[C@@H](O)[C@H](O)C[C@H](O)C[C@]2(O)C[C@H](O)[C@@H](C(=O)O)C(C[C@@H](O[C@@H]3O[C@H](C)[C@@H](O)[C@H](N)[C@@H]3O)/C=C/C=C/C=C/C=C/C=C/C=C/C=C/[C@H](C)C(O)[C@H]1C)O2. The van der Waals surface area contributed by atoms with Gasteiger partial charge in [-0.05, 0) is 33.1 Å². The summed E-state index contributed by atoms with van der Waals surface area (Å²) in [4.78, 5) is 25.1. The highest BCUT2D eigenvalue weighted by Crippen LogP contribution is 2.38. The Morgan fingerprint density at radius 2 is 1.23 bits per heavy atom. The van der Waals surface area contributed by atoms with Crippen molar-refractivity contribution in [2.24, 2.45) is 23.5 Å². The molecular weight excluding hydrogens is 851 g/mol. The molecule has 0 radical (unpaired) electrons. The fourth-order valence-electron chi connectivity index (χ4n) is 7.97. The summed E-state index contributed by atoms with van der Waals surface area (Å²) < 4.78 is 23.1. The van der Waals surface area contributed by atoms with Crippen LogP contribution in [0.1, 0.15) is 79.1 Å². The van der Waals surface area contributed by atoms with Gasteiger partial charge in [-0.2, -0.15) is 0 Å². The number of hydrogen-bond donors (Lipinski definition) is 12. The van der Waals surface area contributed by atoms with Crippen molar-refractivity contribution in [3.63, 3.8) is 0 Å². The van der Waals surface area contributed by atoms with Crippen LogP contribution < -0.4 is 5.73 Å². The molecule has 13 N–H and O–H groups in total. The van der Waals surface area contributed by atoms with Crippen molar-refractivity contribution in [1.29, 1.82) is 0 Å². The van der Waals surface area contributed by atoms with E-state index in [1.54, 1.807) is 80.7 Å². The van der Waals surface area contributed by atoms with Gasteiger partial charge in [-0.1, -0.05) is 98.9 Å². The third-order valence-electron chi connectivity index (χ3n) is 12.0. The number of carboxylic acids is 1. The number of rotatable bonds is 3. The molecule has 0 aromatic heterocycles. The molecule has 3 heterocycles. The second-order valence-corrected chi connectivity index (χ2v) is 17.6. The van der Waals surface area contributed by atoms with Crippen molar-refractivity contribution in [2.45, 2.75) is 177 Å². The van der Waals surface area contributed by atoms with E-state index >= 15 is 0 Å². The first kappa shape index (κ1) is 55.9. The third kappa shape index (κ3) is 18.6. The molecule has 18 heteroatoms. The number of esters is 1. The van der Waals surface area contributed by atoms with Gasteiger partial charge in [0, 0.05) is 37.5 Å². The molecule has 2 unspecified atom stereocenters. The molecule has 0 saturated carbocycles. The first-order valence-corrected chi connectivity index (χ1v) is 22.3. The molecule has 19 atom stereocenters. The standard InChI is InChI=1S/C47H73NO17/c1-27-17-15-13-11-9-7-5-6-8-10-12-14-16-18-34(64-46-44(58)41(48)43(57)30(4)63-46)24-38-40(45(59)60)37(54)26-47(61,65-38)25-33(51)22-36(53)35(52)20-19-31(49)21-32(50)23-39(55)62-29(3)28(2)42(27)56/h5-18,27-38,40-44,46,49-54,56-58,61H,19-26,48H2,1-4H3,(H,59,60)/b6-5+,9-7+,10-8+,13-11+,14-12+,17-15+,18-16+/t27-,28-,29-,30+,31+,32+,33-,34-,35+,36+,37-,38?,40+,41-,42?,43+,44-,46-,47+/m0/s1. The summed E-state index contributed by atoms with van der Waals surface area (Å²) in [6.07, 6.45) is 3.46. The van der Waals surface area contributed by atoms with Gasteiger partial charge in [-0.25, -0.2) is 0 Å². The normalized spacial score (nSPS) is 45.5. The minimum atomic E-state index is -2.33. The predicted molar refractivity (Wildman–Crippen MR) is 237 cm³/mol. The number of carbonyl (C=O) groups is 2. The highest BCUT2D eigenvalue weighted by molar-refractivity contribution is 5.71. The summed E-state index contributed by atoms with van der Waals surface area (Å²) in [6.45, 7) is 6.74. The summed E-state index contributed by atoms with van der Waals surface area (Å²) in [6, 6.07) is -1.15. The van der Waals surface area contributed by atoms with Crippen LogP contribution in [0.15, 0.2) is 85.1 Å². The van der Waals surface area contributed by atoms with Crippen LogP contribution in [0.2, 0.25) is 0 Å².